The van der Waals surface area contributed by atoms with Gasteiger partial charge in [-0.15, -0.1) is 0 Å². The Labute approximate surface area is 146 Å². The maximum Gasteiger partial charge on any atom is 0.216 e. The third-order valence-electron chi connectivity index (χ3n) is 2.75. The van der Waals surface area contributed by atoms with Crippen molar-refractivity contribution in [2.75, 3.05) is 6.61 Å². The average molecular weight is 387 g/mol. The topological polar surface area (TPSA) is 31.2 Å². The van der Waals surface area contributed by atoms with Crippen molar-refractivity contribution in [3.63, 3.8) is 0 Å². The average Bonchev–Trinajstić information content (AvgIpc) is 2.89. The Morgan fingerprint density at radius 2 is 1.57 bits per heavy atom. The van der Waals surface area contributed by atoms with Gasteiger partial charge in [0.1, 0.15) is 10.0 Å². The molecule has 0 aliphatic heterocycles. The molecule has 3 nitrogen and oxygen atoms in total. The summed E-state index contributed by atoms with van der Waals surface area (Å²) >= 11 is 29.7. The highest BCUT2D eigenvalue weighted by atomic mass is 35.5. The molecule has 1 heterocycles. The molecule has 0 unspecified atom stereocenters. The van der Waals surface area contributed by atoms with Crippen LogP contribution in [0.5, 0.6) is 5.75 Å². The molecular weight excluding hydrogens is 379 g/mol. The van der Waals surface area contributed by atoms with Gasteiger partial charge in [0.15, 0.2) is 12.4 Å². The van der Waals surface area contributed by atoms with Gasteiger partial charge in [0.25, 0.3) is 0 Å². The lowest BCUT2D eigenvalue weighted by Gasteiger charge is -2.13. The number of rotatable bonds is 4. The first-order valence-corrected chi connectivity index (χ1v) is 7.52. The number of hydrogen-bond acceptors (Lipinski definition) is 2. The molecule has 0 radical (unpaired) electrons. The van der Waals surface area contributed by atoms with E-state index in [0.717, 1.165) is 0 Å². The van der Waals surface area contributed by atoms with Crippen LogP contribution in [-0.2, 0) is 7.05 Å². The van der Waals surface area contributed by atoms with Crippen LogP contribution in [0.15, 0.2) is 18.3 Å². The Morgan fingerprint density at radius 1 is 1.05 bits per heavy atom. The van der Waals surface area contributed by atoms with Gasteiger partial charge >= 0.3 is 0 Å². The fourth-order valence-corrected chi connectivity index (χ4v) is 2.90. The van der Waals surface area contributed by atoms with Gasteiger partial charge in [-0.3, -0.25) is 4.79 Å². The maximum atomic E-state index is 12.0. The van der Waals surface area contributed by atoms with E-state index in [4.69, 9.17) is 62.7 Å². The fourth-order valence-electron chi connectivity index (χ4n) is 1.67. The molecule has 112 valence electrons. The van der Waals surface area contributed by atoms with Gasteiger partial charge in [-0.25, -0.2) is 0 Å². The van der Waals surface area contributed by atoms with Gasteiger partial charge < -0.3 is 9.30 Å². The van der Waals surface area contributed by atoms with Crippen molar-refractivity contribution in [1.82, 2.24) is 4.57 Å². The van der Waals surface area contributed by atoms with Gasteiger partial charge in [0.2, 0.25) is 5.78 Å². The molecule has 0 atom stereocenters. The van der Waals surface area contributed by atoms with Crippen LogP contribution in [0.25, 0.3) is 0 Å². The van der Waals surface area contributed by atoms with Crippen LogP contribution >= 0.6 is 58.0 Å². The zero-order valence-electron chi connectivity index (χ0n) is 10.6. The van der Waals surface area contributed by atoms with Crippen molar-refractivity contribution < 1.29 is 9.53 Å². The van der Waals surface area contributed by atoms with E-state index in [-0.39, 0.29) is 43.3 Å². The monoisotopic (exact) mass is 385 g/mol. The number of ketones is 1. The second kappa shape index (κ2) is 6.67. The number of benzene rings is 1. The van der Waals surface area contributed by atoms with E-state index in [1.165, 1.54) is 0 Å². The zero-order valence-corrected chi connectivity index (χ0v) is 14.4. The predicted octanol–water partition coefficient (Wildman–Crippen LogP) is 5.55. The number of carbonyl (C=O) groups excluding carboxylic acids is 1. The molecule has 8 heteroatoms. The molecule has 0 N–H and O–H groups in total. The van der Waals surface area contributed by atoms with E-state index in [1.54, 1.807) is 29.9 Å². The van der Waals surface area contributed by atoms with Crippen molar-refractivity contribution in [2.24, 2.45) is 7.05 Å². The van der Waals surface area contributed by atoms with E-state index in [1.807, 2.05) is 0 Å². The van der Waals surface area contributed by atoms with E-state index < -0.39 is 0 Å². The van der Waals surface area contributed by atoms with Crippen LogP contribution in [0, 0.1) is 0 Å². The third kappa shape index (κ3) is 3.27. The second-order valence-corrected chi connectivity index (χ2v) is 6.01. The highest BCUT2D eigenvalue weighted by Crippen LogP contribution is 2.48. The Balaban J connectivity index is 2.25. The minimum atomic E-state index is -0.258. The summed E-state index contributed by atoms with van der Waals surface area (Å²) in [4.78, 5) is 12.0. The first-order chi connectivity index (χ1) is 9.84. The largest absolute Gasteiger partial charge is 0.482 e. The summed E-state index contributed by atoms with van der Waals surface area (Å²) in [6, 6.07) is 3.43. The molecule has 2 rings (SSSR count). The van der Waals surface area contributed by atoms with Crippen molar-refractivity contribution in [2.45, 2.75) is 0 Å². The molecule has 0 saturated heterocycles. The van der Waals surface area contributed by atoms with Crippen LogP contribution in [0.1, 0.15) is 10.5 Å². The number of carbonyl (C=O) groups is 1. The lowest BCUT2D eigenvalue weighted by molar-refractivity contribution is 0.0913. The summed E-state index contributed by atoms with van der Waals surface area (Å²) in [5.74, 6) is -0.211. The number of halogens is 5. The van der Waals surface area contributed by atoms with Crippen LogP contribution in [0.3, 0.4) is 0 Å². The molecule has 0 fully saturated rings. The van der Waals surface area contributed by atoms with Crippen LogP contribution in [-0.4, -0.2) is 17.0 Å². The Bertz CT molecular complexity index is 682. The molecular formula is C13H8Cl5NO2. The maximum absolute atomic E-state index is 12.0. The zero-order chi connectivity index (χ0) is 15.7. The first kappa shape index (κ1) is 16.8. The molecule has 0 bridgehead atoms. The van der Waals surface area contributed by atoms with Gasteiger partial charge in [-0.1, -0.05) is 58.0 Å². The van der Waals surface area contributed by atoms with E-state index >= 15 is 0 Å². The highest BCUT2D eigenvalue weighted by Gasteiger charge is 2.21. The molecule has 1 aromatic carbocycles. The minimum absolute atomic E-state index is 0.00995. The van der Waals surface area contributed by atoms with Crippen molar-refractivity contribution in [3.05, 3.63) is 49.1 Å². The second-order valence-electron chi connectivity index (χ2n) is 4.12. The normalized spacial score (nSPS) is 10.8. The Morgan fingerprint density at radius 3 is 2.05 bits per heavy atom. The molecule has 0 aliphatic carbocycles. The Hall–Kier alpha value is -0.580. The van der Waals surface area contributed by atoms with Gasteiger partial charge in [0, 0.05) is 13.2 Å². The summed E-state index contributed by atoms with van der Waals surface area (Å²) in [5, 5.41) is 0.101. The predicted molar refractivity (Wildman–Crippen MR) is 86.7 cm³/mol. The lowest BCUT2D eigenvalue weighted by atomic mass is 10.3. The number of nitrogens with zero attached hydrogens (tertiary/aromatic N) is 1. The van der Waals surface area contributed by atoms with Gasteiger partial charge in [-0.05, 0) is 12.1 Å². The van der Waals surface area contributed by atoms with Gasteiger partial charge in [0.05, 0.1) is 20.8 Å². The van der Waals surface area contributed by atoms with Crippen LogP contribution < -0.4 is 4.74 Å². The molecule has 2 aromatic rings. The molecule has 21 heavy (non-hydrogen) atoms. The summed E-state index contributed by atoms with van der Waals surface area (Å²) in [6.07, 6.45) is 1.75. The SMILES string of the molecule is Cn1cccc1C(=O)COc1c(Cl)c(Cl)c(Cl)c(Cl)c1Cl. The van der Waals surface area contributed by atoms with Gasteiger partial charge in [-0.2, -0.15) is 0 Å². The number of aromatic nitrogens is 1. The smallest absolute Gasteiger partial charge is 0.216 e. The van der Waals surface area contributed by atoms with Crippen LogP contribution in [0.2, 0.25) is 25.1 Å². The Kier molecular flexibility index (Phi) is 5.33. The summed E-state index contributed by atoms with van der Waals surface area (Å²) in [7, 11) is 1.75. The number of aryl methyl sites for hydroxylation is 1. The number of Topliss-reactive ketones (excluding diaryl/α,β-unsaturated/α-hetero) is 1. The number of hydrogen-bond donors (Lipinski definition) is 0. The summed E-state index contributed by atoms with van der Waals surface area (Å²) in [5.41, 5.74) is 0.494. The lowest BCUT2D eigenvalue weighted by Crippen LogP contribution is -2.15. The molecule has 0 spiro atoms. The standard InChI is InChI=1S/C13H8Cl5NO2/c1-19-4-2-3-6(19)7(20)5-21-13-11(17)9(15)8(14)10(16)12(13)18/h2-4H,5H2,1H3. The fraction of sp³-hybridized carbons (Fsp3) is 0.154. The highest BCUT2D eigenvalue weighted by molar-refractivity contribution is 6.55. The molecule has 0 amide bonds. The quantitative estimate of drug-likeness (QED) is 0.391. The molecule has 1 aromatic heterocycles. The number of ether oxygens (including phenoxy) is 1. The van der Waals surface area contributed by atoms with Crippen LogP contribution in [0.4, 0.5) is 0 Å². The molecule has 0 aliphatic rings. The summed E-state index contributed by atoms with van der Waals surface area (Å²) in [6.45, 7) is -0.258. The van der Waals surface area contributed by atoms with Crippen molar-refractivity contribution in [3.8, 4) is 5.75 Å². The van der Waals surface area contributed by atoms with E-state index in [0.29, 0.717) is 5.69 Å². The first-order valence-electron chi connectivity index (χ1n) is 5.63. The van der Waals surface area contributed by atoms with Crippen molar-refractivity contribution in [1.29, 1.82) is 0 Å². The van der Waals surface area contributed by atoms with E-state index in [9.17, 15) is 4.79 Å². The van der Waals surface area contributed by atoms with Crippen molar-refractivity contribution >= 4 is 63.8 Å². The summed E-state index contributed by atoms with van der Waals surface area (Å²) < 4.78 is 7.05. The minimum Gasteiger partial charge on any atom is -0.482 e. The molecule has 0 saturated carbocycles. The van der Waals surface area contributed by atoms with E-state index in [2.05, 4.69) is 0 Å². The third-order valence-corrected chi connectivity index (χ3v) is 4.99.